The van der Waals surface area contributed by atoms with E-state index in [1.807, 2.05) is 43.3 Å². The summed E-state index contributed by atoms with van der Waals surface area (Å²) in [7, 11) is -1.76. The van der Waals surface area contributed by atoms with Crippen LogP contribution in [0.15, 0.2) is 42.5 Å². The standard InChI is InChI=1S/C17H19NO3S/c1-13-4-3-5-14(10-13)12-22(19,20)18-9-8-15-11-16(21-2)6-7-17(15)18/h3-7,10-11H,8-9,12H2,1-2H3. The summed E-state index contributed by atoms with van der Waals surface area (Å²) in [6, 6.07) is 13.2. The van der Waals surface area contributed by atoms with Crippen LogP contribution in [0.25, 0.3) is 0 Å². The Morgan fingerprint density at radius 3 is 2.73 bits per heavy atom. The van der Waals surface area contributed by atoms with Gasteiger partial charge in [0, 0.05) is 6.54 Å². The van der Waals surface area contributed by atoms with Gasteiger partial charge in [-0.3, -0.25) is 4.31 Å². The number of nitrogens with zero attached hydrogens (tertiary/aromatic N) is 1. The van der Waals surface area contributed by atoms with E-state index in [9.17, 15) is 8.42 Å². The highest BCUT2D eigenvalue weighted by Gasteiger charge is 2.29. The van der Waals surface area contributed by atoms with Crippen molar-refractivity contribution in [1.82, 2.24) is 0 Å². The van der Waals surface area contributed by atoms with Gasteiger partial charge in [-0.2, -0.15) is 0 Å². The molecule has 1 aliphatic heterocycles. The van der Waals surface area contributed by atoms with Gasteiger partial charge in [-0.05, 0) is 42.7 Å². The molecule has 0 unspecified atom stereocenters. The van der Waals surface area contributed by atoms with Gasteiger partial charge in [-0.1, -0.05) is 29.8 Å². The van der Waals surface area contributed by atoms with Crippen LogP contribution in [0.5, 0.6) is 5.75 Å². The zero-order chi connectivity index (χ0) is 15.7. The summed E-state index contributed by atoms with van der Waals surface area (Å²) in [5, 5.41) is 0. The minimum Gasteiger partial charge on any atom is -0.497 e. The maximum absolute atomic E-state index is 12.7. The molecule has 0 spiro atoms. The number of anilines is 1. The molecule has 0 fully saturated rings. The van der Waals surface area contributed by atoms with Crippen LogP contribution in [-0.2, 0) is 22.2 Å². The van der Waals surface area contributed by atoms with Gasteiger partial charge in [0.05, 0.1) is 18.6 Å². The van der Waals surface area contributed by atoms with Crippen molar-refractivity contribution in [2.24, 2.45) is 0 Å². The van der Waals surface area contributed by atoms with Crippen molar-refractivity contribution in [3.8, 4) is 5.75 Å². The summed E-state index contributed by atoms with van der Waals surface area (Å²) in [6.45, 7) is 2.46. The van der Waals surface area contributed by atoms with E-state index < -0.39 is 10.0 Å². The Hall–Kier alpha value is -2.01. The van der Waals surface area contributed by atoms with Crippen molar-refractivity contribution in [3.05, 3.63) is 59.2 Å². The van der Waals surface area contributed by atoms with Gasteiger partial charge >= 0.3 is 0 Å². The monoisotopic (exact) mass is 317 g/mol. The smallest absolute Gasteiger partial charge is 0.239 e. The van der Waals surface area contributed by atoms with Gasteiger partial charge < -0.3 is 4.74 Å². The van der Waals surface area contributed by atoms with Crippen LogP contribution in [0.2, 0.25) is 0 Å². The Morgan fingerprint density at radius 1 is 1.18 bits per heavy atom. The van der Waals surface area contributed by atoms with Crippen molar-refractivity contribution >= 4 is 15.7 Å². The lowest BCUT2D eigenvalue weighted by atomic mass is 10.1. The molecule has 0 aliphatic carbocycles. The average Bonchev–Trinajstić information content (AvgIpc) is 2.90. The highest BCUT2D eigenvalue weighted by atomic mass is 32.2. The largest absolute Gasteiger partial charge is 0.497 e. The molecule has 0 bridgehead atoms. The second-order valence-electron chi connectivity index (χ2n) is 5.56. The van der Waals surface area contributed by atoms with Crippen molar-refractivity contribution in [2.45, 2.75) is 19.1 Å². The summed E-state index contributed by atoms with van der Waals surface area (Å²) < 4.78 is 32.2. The highest BCUT2D eigenvalue weighted by Crippen LogP contribution is 2.34. The molecule has 22 heavy (non-hydrogen) atoms. The molecule has 0 saturated carbocycles. The van der Waals surface area contributed by atoms with E-state index in [4.69, 9.17) is 4.74 Å². The van der Waals surface area contributed by atoms with E-state index in [-0.39, 0.29) is 5.75 Å². The van der Waals surface area contributed by atoms with Crippen LogP contribution >= 0.6 is 0 Å². The SMILES string of the molecule is COc1ccc2c(c1)CCN2S(=O)(=O)Cc1cccc(C)c1. The van der Waals surface area contributed by atoms with Crippen LogP contribution in [0, 0.1) is 6.92 Å². The van der Waals surface area contributed by atoms with E-state index in [0.717, 1.165) is 34.5 Å². The van der Waals surface area contributed by atoms with E-state index in [1.165, 1.54) is 4.31 Å². The Kier molecular flexibility index (Phi) is 3.83. The van der Waals surface area contributed by atoms with Crippen molar-refractivity contribution in [2.75, 3.05) is 18.0 Å². The molecule has 0 N–H and O–H groups in total. The second-order valence-corrected chi connectivity index (χ2v) is 7.46. The Bertz CT molecular complexity index is 799. The summed E-state index contributed by atoms with van der Waals surface area (Å²) in [5.74, 6) is 0.789. The molecule has 0 amide bonds. The molecule has 0 atom stereocenters. The average molecular weight is 317 g/mol. The highest BCUT2D eigenvalue weighted by molar-refractivity contribution is 7.92. The number of sulfonamides is 1. The third-order valence-corrected chi connectivity index (χ3v) is 5.66. The quantitative estimate of drug-likeness (QED) is 0.871. The fraction of sp³-hybridized carbons (Fsp3) is 0.294. The number of benzene rings is 2. The molecule has 5 heteroatoms. The van der Waals surface area contributed by atoms with Gasteiger partial charge in [0.1, 0.15) is 5.75 Å². The Morgan fingerprint density at radius 2 is 2.00 bits per heavy atom. The van der Waals surface area contributed by atoms with Gasteiger partial charge in [0.25, 0.3) is 0 Å². The first-order valence-corrected chi connectivity index (χ1v) is 8.83. The molecule has 116 valence electrons. The molecule has 1 heterocycles. The van der Waals surface area contributed by atoms with Gasteiger partial charge in [-0.15, -0.1) is 0 Å². The third kappa shape index (κ3) is 2.81. The number of ether oxygens (including phenoxy) is 1. The lowest BCUT2D eigenvalue weighted by Crippen LogP contribution is -2.30. The third-order valence-electron chi connectivity index (χ3n) is 3.91. The maximum atomic E-state index is 12.7. The van der Waals surface area contributed by atoms with Crippen LogP contribution in [0.1, 0.15) is 16.7 Å². The molecule has 1 aliphatic rings. The second kappa shape index (κ2) is 5.65. The number of hydrogen-bond donors (Lipinski definition) is 0. The number of aryl methyl sites for hydroxylation is 1. The van der Waals surface area contributed by atoms with Crippen molar-refractivity contribution < 1.29 is 13.2 Å². The summed E-state index contributed by atoms with van der Waals surface area (Å²) >= 11 is 0. The van der Waals surface area contributed by atoms with Crippen LogP contribution < -0.4 is 9.04 Å². The van der Waals surface area contributed by atoms with Crippen LogP contribution in [0.3, 0.4) is 0 Å². The fourth-order valence-electron chi connectivity index (χ4n) is 2.85. The molecule has 0 aromatic heterocycles. The molecule has 3 rings (SSSR count). The predicted molar refractivity (Wildman–Crippen MR) is 87.8 cm³/mol. The van der Waals surface area contributed by atoms with E-state index >= 15 is 0 Å². The molecule has 2 aromatic carbocycles. The van der Waals surface area contributed by atoms with Crippen LogP contribution in [-0.4, -0.2) is 22.1 Å². The molecule has 2 aromatic rings. The maximum Gasteiger partial charge on any atom is 0.239 e. The van der Waals surface area contributed by atoms with E-state index in [2.05, 4.69) is 0 Å². The first kappa shape index (κ1) is 14.9. The summed E-state index contributed by atoms with van der Waals surface area (Å²) in [5.41, 5.74) is 3.68. The minimum absolute atomic E-state index is 0.0279. The normalized spacial score (nSPS) is 14.0. The van der Waals surface area contributed by atoms with Crippen LogP contribution in [0.4, 0.5) is 5.69 Å². The summed E-state index contributed by atoms with van der Waals surface area (Å²) in [6.07, 6.45) is 0.722. The zero-order valence-electron chi connectivity index (χ0n) is 12.7. The minimum atomic E-state index is -3.37. The van der Waals surface area contributed by atoms with Crippen molar-refractivity contribution in [3.63, 3.8) is 0 Å². The first-order valence-electron chi connectivity index (χ1n) is 7.22. The Balaban J connectivity index is 1.89. The molecule has 0 saturated heterocycles. The lowest BCUT2D eigenvalue weighted by Gasteiger charge is -2.20. The fourth-order valence-corrected chi connectivity index (χ4v) is 4.46. The van der Waals surface area contributed by atoms with Crippen molar-refractivity contribution in [1.29, 1.82) is 0 Å². The van der Waals surface area contributed by atoms with Gasteiger partial charge in [-0.25, -0.2) is 8.42 Å². The van der Waals surface area contributed by atoms with Gasteiger partial charge in [0.15, 0.2) is 0 Å². The first-order chi connectivity index (χ1) is 10.5. The molecule has 4 nitrogen and oxygen atoms in total. The lowest BCUT2D eigenvalue weighted by molar-refractivity contribution is 0.414. The van der Waals surface area contributed by atoms with E-state index in [0.29, 0.717) is 6.54 Å². The number of rotatable bonds is 4. The topological polar surface area (TPSA) is 46.6 Å². The van der Waals surface area contributed by atoms with Gasteiger partial charge in [0.2, 0.25) is 10.0 Å². The number of methoxy groups -OCH3 is 1. The predicted octanol–water partition coefficient (Wildman–Crippen LogP) is 2.90. The zero-order valence-corrected chi connectivity index (χ0v) is 13.6. The Labute approximate surface area is 131 Å². The molecular weight excluding hydrogens is 298 g/mol. The van der Waals surface area contributed by atoms with E-state index in [1.54, 1.807) is 13.2 Å². The molecule has 0 radical (unpaired) electrons. The number of hydrogen-bond acceptors (Lipinski definition) is 3. The molecular formula is C17H19NO3S. The summed E-state index contributed by atoms with van der Waals surface area (Å²) in [4.78, 5) is 0. The number of fused-ring (bicyclic) bond motifs is 1.